The molecule has 0 aliphatic rings. The number of nitro benzene ring substituents is 1. The van der Waals surface area contributed by atoms with Crippen LogP contribution in [0.4, 0.5) is 11.4 Å². The second kappa shape index (κ2) is 6.58. The molecule has 0 aliphatic heterocycles. The fourth-order valence-electron chi connectivity index (χ4n) is 1.59. The molecule has 0 spiro atoms. The quantitative estimate of drug-likeness (QED) is 0.457. The average Bonchev–Trinajstić information content (AvgIpc) is 2.27. The second-order valence-corrected chi connectivity index (χ2v) is 5.04. The molecule has 0 aliphatic carbocycles. The number of rotatable bonds is 6. The van der Waals surface area contributed by atoms with Crippen molar-refractivity contribution < 1.29 is 9.66 Å². The van der Waals surface area contributed by atoms with Gasteiger partial charge in [-0.15, -0.1) is 0 Å². The fourth-order valence-corrected chi connectivity index (χ4v) is 2.01. The molecule has 100 valence electrons. The van der Waals surface area contributed by atoms with Gasteiger partial charge in [0.1, 0.15) is 0 Å². The Morgan fingerprint density at radius 3 is 2.61 bits per heavy atom. The lowest BCUT2D eigenvalue weighted by atomic mass is 10.2. The summed E-state index contributed by atoms with van der Waals surface area (Å²) < 4.78 is 6.28. The minimum Gasteiger partial charge on any atom is -0.491 e. The highest BCUT2D eigenvalue weighted by Gasteiger charge is 2.22. The van der Waals surface area contributed by atoms with Gasteiger partial charge in [-0.05, 0) is 12.5 Å². The maximum Gasteiger partial charge on any atom is 0.297 e. The van der Waals surface area contributed by atoms with Crippen molar-refractivity contribution in [2.24, 2.45) is 0 Å². The Morgan fingerprint density at radius 1 is 1.44 bits per heavy atom. The van der Waals surface area contributed by atoms with Crippen LogP contribution in [0.5, 0.6) is 5.75 Å². The molecule has 18 heavy (non-hydrogen) atoms. The summed E-state index contributed by atoms with van der Waals surface area (Å²) in [6.45, 7) is 2.63. The van der Waals surface area contributed by atoms with Crippen molar-refractivity contribution in [1.82, 2.24) is 0 Å². The van der Waals surface area contributed by atoms with Gasteiger partial charge in [0.05, 0.1) is 11.5 Å². The number of hydrogen-bond donors (Lipinski definition) is 0. The van der Waals surface area contributed by atoms with E-state index in [2.05, 4.69) is 22.9 Å². The van der Waals surface area contributed by atoms with Crippen LogP contribution >= 0.6 is 15.9 Å². The normalized spacial score (nSPS) is 10.2. The number of ether oxygens (including phenoxy) is 1. The van der Waals surface area contributed by atoms with E-state index in [4.69, 9.17) is 4.74 Å². The summed E-state index contributed by atoms with van der Waals surface area (Å²) in [6, 6.07) is 3.25. The van der Waals surface area contributed by atoms with Crippen molar-refractivity contribution in [3.05, 3.63) is 26.7 Å². The zero-order valence-corrected chi connectivity index (χ0v) is 12.4. The lowest BCUT2D eigenvalue weighted by Crippen LogP contribution is -2.13. The maximum atomic E-state index is 11.1. The summed E-state index contributed by atoms with van der Waals surface area (Å²) in [5, 5.41) is 11.1. The zero-order chi connectivity index (χ0) is 13.7. The molecular weight excluding hydrogens is 300 g/mol. The molecule has 0 atom stereocenters. The van der Waals surface area contributed by atoms with Gasteiger partial charge in [-0.1, -0.05) is 29.3 Å². The van der Waals surface area contributed by atoms with Crippen molar-refractivity contribution in [1.29, 1.82) is 0 Å². The first-order valence-corrected chi connectivity index (χ1v) is 6.54. The molecule has 0 radical (unpaired) electrons. The molecule has 1 rings (SSSR count). The molecular formula is C12H17BrN2O3. The lowest BCUT2D eigenvalue weighted by Gasteiger charge is -2.18. The molecule has 0 saturated carbocycles. The van der Waals surface area contributed by atoms with Crippen LogP contribution in [-0.4, -0.2) is 25.6 Å². The third-order valence-corrected chi connectivity index (χ3v) is 2.88. The van der Waals surface area contributed by atoms with E-state index in [0.717, 1.165) is 12.8 Å². The Balaban J connectivity index is 3.17. The minimum absolute atomic E-state index is 0.0425. The van der Waals surface area contributed by atoms with E-state index in [0.29, 0.717) is 22.5 Å². The number of hydrogen-bond acceptors (Lipinski definition) is 4. The number of anilines is 1. The molecule has 0 unspecified atom stereocenters. The van der Waals surface area contributed by atoms with Crippen LogP contribution in [0.3, 0.4) is 0 Å². The Kier molecular flexibility index (Phi) is 5.40. The highest BCUT2D eigenvalue weighted by atomic mass is 79.9. The van der Waals surface area contributed by atoms with E-state index >= 15 is 0 Å². The topological polar surface area (TPSA) is 55.6 Å². The van der Waals surface area contributed by atoms with Gasteiger partial charge in [-0.2, -0.15) is 0 Å². The Hall–Kier alpha value is -1.30. The van der Waals surface area contributed by atoms with Crippen LogP contribution in [0.15, 0.2) is 16.6 Å². The molecule has 6 heteroatoms. The summed E-state index contributed by atoms with van der Waals surface area (Å²) in [5.41, 5.74) is 0.542. The van der Waals surface area contributed by atoms with E-state index < -0.39 is 4.92 Å². The molecule has 0 aromatic heterocycles. The number of nitro groups is 1. The smallest absolute Gasteiger partial charge is 0.297 e. The van der Waals surface area contributed by atoms with Crippen LogP contribution < -0.4 is 9.64 Å². The van der Waals surface area contributed by atoms with Gasteiger partial charge < -0.3 is 9.64 Å². The third-order valence-electron chi connectivity index (χ3n) is 2.42. The van der Waals surface area contributed by atoms with Crippen LogP contribution in [0, 0.1) is 10.1 Å². The van der Waals surface area contributed by atoms with Gasteiger partial charge in [0, 0.05) is 24.6 Å². The van der Waals surface area contributed by atoms with E-state index in [1.54, 1.807) is 25.1 Å². The zero-order valence-electron chi connectivity index (χ0n) is 10.8. The maximum absolute atomic E-state index is 11.1. The Bertz CT molecular complexity index is 436. The van der Waals surface area contributed by atoms with Crippen molar-refractivity contribution >= 4 is 27.3 Å². The largest absolute Gasteiger partial charge is 0.491 e. The number of unbranched alkanes of at least 4 members (excludes halogenated alkanes) is 1. The van der Waals surface area contributed by atoms with E-state index in [-0.39, 0.29) is 5.69 Å². The summed E-state index contributed by atoms with van der Waals surface area (Å²) in [7, 11) is 3.53. The van der Waals surface area contributed by atoms with Crippen LogP contribution in [0.25, 0.3) is 0 Å². The van der Waals surface area contributed by atoms with Crippen molar-refractivity contribution in [2.75, 3.05) is 25.6 Å². The van der Waals surface area contributed by atoms with Gasteiger partial charge in [-0.3, -0.25) is 10.1 Å². The van der Waals surface area contributed by atoms with Gasteiger partial charge in [0.15, 0.2) is 11.4 Å². The Labute approximate surface area is 115 Å². The minimum atomic E-state index is -0.396. The van der Waals surface area contributed by atoms with E-state index in [1.165, 1.54) is 6.07 Å². The fraction of sp³-hybridized carbons (Fsp3) is 0.500. The van der Waals surface area contributed by atoms with Crippen LogP contribution in [-0.2, 0) is 0 Å². The van der Waals surface area contributed by atoms with Crippen molar-refractivity contribution in [3.63, 3.8) is 0 Å². The summed E-state index contributed by atoms with van der Waals surface area (Å²) in [4.78, 5) is 12.4. The first kappa shape index (κ1) is 14.8. The predicted molar refractivity (Wildman–Crippen MR) is 75.5 cm³/mol. The SMILES string of the molecule is CCCCOc1cc(Br)cc([N+](=O)[O-])c1N(C)C. The Morgan fingerprint density at radius 2 is 2.11 bits per heavy atom. The van der Waals surface area contributed by atoms with Crippen molar-refractivity contribution in [3.8, 4) is 5.75 Å². The molecule has 1 aromatic rings. The molecule has 1 aromatic carbocycles. The molecule has 0 bridgehead atoms. The van der Waals surface area contributed by atoms with Gasteiger partial charge >= 0.3 is 0 Å². The van der Waals surface area contributed by atoms with Crippen molar-refractivity contribution in [2.45, 2.75) is 19.8 Å². The van der Waals surface area contributed by atoms with Gasteiger partial charge in [-0.25, -0.2) is 0 Å². The lowest BCUT2D eigenvalue weighted by molar-refractivity contribution is -0.384. The highest BCUT2D eigenvalue weighted by Crippen LogP contribution is 2.39. The summed E-state index contributed by atoms with van der Waals surface area (Å²) >= 11 is 3.27. The van der Waals surface area contributed by atoms with Gasteiger partial charge in [0.2, 0.25) is 0 Å². The predicted octanol–water partition coefficient (Wildman–Crippen LogP) is 3.60. The highest BCUT2D eigenvalue weighted by molar-refractivity contribution is 9.10. The molecule has 0 N–H and O–H groups in total. The molecule has 5 nitrogen and oxygen atoms in total. The number of benzene rings is 1. The molecule has 0 fully saturated rings. The number of nitrogens with zero attached hydrogens (tertiary/aromatic N) is 2. The third kappa shape index (κ3) is 3.60. The summed E-state index contributed by atoms with van der Waals surface area (Å²) in [6.07, 6.45) is 1.95. The van der Waals surface area contributed by atoms with E-state index in [9.17, 15) is 10.1 Å². The molecule has 0 saturated heterocycles. The van der Waals surface area contributed by atoms with Gasteiger partial charge in [0.25, 0.3) is 5.69 Å². The summed E-state index contributed by atoms with van der Waals surface area (Å²) in [5.74, 6) is 0.537. The molecule has 0 amide bonds. The monoisotopic (exact) mass is 316 g/mol. The first-order valence-electron chi connectivity index (χ1n) is 5.75. The second-order valence-electron chi connectivity index (χ2n) is 4.13. The first-order chi connectivity index (χ1) is 8.47. The molecule has 0 heterocycles. The standard InChI is InChI=1S/C12H17BrN2O3/c1-4-5-6-18-11-8-9(13)7-10(15(16)17)12(11)14(2)3/h7-8H,4-6H2,1-3H3. The van der Waals surface area contributed by atoms with Crippen LogP contribution in [0.1, 0.15) is 19.8 Å². The average molecular weight is 317 g/mol. The number of halogens is 1. The van der Waals surface area contributed by atoms with E-state index in [1.807, 2.05) is 0 Å². The van der Waals surface area contributed by atoms with Crippen LogP contribution in [0.2, 0.25) is 0 Å².